The van der Waals surface area contributed by atoms with Crippen LogP contribution in [0.4, 0.5) is 5.69 Å². The summed E-state index contributed by atoms with van der Waals surface area (Å²) in [7, 11) is 0. The van der Waals surface area contributed by atoms with Crippen LogP contribution in [-0.2, 0) is 0 Å². The van der Waals surface area contributed by atoms with E-state index in [1.165, 1.54) is 24.9 Å². The van der Waals surface area contributed by atoms with Crippen LogP contribution in [0.1, 0.15) is 33.1 Å². The van der Waals surface area contributed by atoms with Crippen LogP contribution in [0.5, 0.6) is 0 Å². The third kappa shape index (κ3) is 2.36. The molecule has 1 aliphatic rings. The molecule has 5 heteroatoms. The van der Waals surface area contributed by atoms with Crippen LogP contribution in [0, 0.1) is 0 Å². The molecule has 0 aliphatic carbocycles. The number of hydrogen-bond donors (Lipinski definition) is 1. The number of anilines is 1. The van der Waals surface area contributed by atoms with Gasteiger partial charge in [0.2, 0.25) is 0 Å². The van der Waals surface area contributed by atoms with Gasteiger partial charge in [0.1, 0.15) is 12.0 Å². The molecule has 3 aromatic heterocycles. The Balaban J connectivity index is 1.92. The number of fused-ring (bicyclic) bond motifs is 1. The van der Waals surface area contributed by atoms with Gasteiger partial charge in [-0.2, -0.15) is 0 Å². The first kappa shape index (κ1) is 14.2. The first-order chi connectivity index (χ1) is 11.2. The maximum Gasteiger partial charge on any atom is 0.139 e. The Bertz CT molecular complexity index is 822. The van der Waals surface area contributed by atoms with E-state index in [1.54, 1.807) is 6.33 Å². The molecule has 4 heterocycles. The Hall–Kier alpha value is -2.43. The highest BCUT2D eigenvalue weighted by molar-refractivity contribution is 6.02. The van der Waals surface area contributed by atoms with Gasteiger partial charge in [0, 0.05) is 48.0 Å². The van der Waals surface area contributed by atoms with Crippen molar-refractivity contribution in [3.8, 4) is 11.1 Å². The minimum absolute atomic E-state index is 0.161. The normalized spacial score (nSPS) is 17.6. The number of hydrogen-bond acceptors (Lipinski definition) is 4. The van der Waals surface area contributed by atoms with E-state index in [2.05, 4.69) is 44.7 Å². The average Bonchev–Trinajstić information content (AvgIpc) is 3.00. The van der Waals surface area contributed by atoms with Crippen molar-refractivity contribution in [1.82, 2.24) is 19.9 Å². The summed E-state index contributed by atoms with van der Waals surface area (Å²) in [5, 5.41) is 1.16. The Morgan fingerprint density at radius 2 is 2.00 bits per heavy atom. The molecule has 0 radical (unpaired) electrons. The quantitative estimate of drug-likeness (QED) is 0.782. The first-order valence-corrected chi connectivity index (χ1v) is 8.16. The van der Waals surface area contributed by atoms with Crippen LogP contribution in [-0.4, -0.2) is 32.0 Å². The summed E-state index contributed by atoms with van der Waals surface area (Å²) in [6, 6.07) is 2.14. The molecular weight excluding hydrogens is 286 g/mol. The van der Waals surface area contributed by atoms with Gasteiger partial charge in [0.05, 0.1) is 11.1 Å². The Morgan fingerprint density at radius 3 is 2.78 bits per heavy atom. The highest BCUT2D eigenvalue weighted by atomic mass is 15.2. The lowest BCUT2D eigenvalue weighted by Gasteiger charge is -2.44. The van der Waals surface area contributed by atoms with Crippen molar-refractivity contribution in [2.24, 2.45) is 0 Å². The number of piperidine rings is 1. The summed E-state index contributed by atoms with van der Waals surface area (Å²) in [5.41, 5.74) is 4.46. The number of rotatable bonds is 2. The van der Waals surface area contributed by atoms with Gasteiger partial charge in [-0.15, -0.1) is 0 Å². The fraction of sp³-hybridized carbons (Fsp3) is 0.389. The molecule has 1 N–H and O–H groups in total. The third-order valence-corrected chi connectivity index (χ3v) is 4.86. The summed E-state index contributed by atoms with van der Waals surface area (Å²) in [5.74, 6) is 0. The second-order valence-electron chi connectivity index (χ2n) is 6.80. The molecule has 1 fully saturated rings. The van der Waals surface area contributed by atoms with E-state index >= 15 is 0 Å². The summed E-state index contributed by atoms with van der Waals surface area (Å²) < 4.78 is 0. The summed E-state index contributed by atoms with van der Waals surface area (Å²) in [6.07, 6.45) is 12.9. The molecule has 23 heavy (non-hydrogen) atoms. The molecule has 1 aliphatic heterocycles. The van der Waals surface area contributed by atoms with Crippen LogP contribution in [0.25, 0.3) is 22.2 Å². The number of H-pyrrole nitrogens is 1. The van der Waals surface area contributed by atoms with Crippen LogP contribution < -0.4 is 4.90 Å². The molecule has 4 rings (SSSR count). The van der Waals surface area contributed by atoms with Gasteiger partial charge < -0.3 is 9.88 Å². The minimum atomic E-state index is 0.161. The molecule has 3 aromatic rings. The average molecular weight is 307 g/mol. The molecule has 0 saturated carbocycles. The largest absolute Gasteiger partial charge is 0.366 e. The highest BCUT2D eigenvalue weighted by Crippen LogP contribution is 2.39. The van der Waals surface area contributed by atoms with Gasteiger partial charge in [0.25, 0.3) is 0 Å². The van der Waals surface area contributed by atoms with Crippen LogP contribution in [0.2, 0.25) is 0 Å². The second-order valence-corrected chi connectivity index (χ2v) is 6.80. The number of nitrogens with one attached hydrogen (secondary N) is 1. The predicted molar refractivity (Wildman–Crippen MR) is 92.4 cm³/mol. The zero-order valence-electron chi connectivity index (χ0n) is 13.6. The topological polar surface area (TPSA) is 57.7 Å². The van der Waals surface area contributed by atoms with Crippen LogP contribution >= 0.6 is 0 Å². The molecule has 0 amide bonds. The SMILES string of the molecule is CC1(C)CCCCN1c1ccnc2[nH]cc(-c3cncnc3)c12. The smallest absolute Gasteiger partial charge is 0.139 e. The van der Waals surface area contributed by atoms with Crippen molar-refractivity contribution in [2.75, 3.05) is 11.4 Å². The summed E-state index contributed by atoms with van der Waals surface area (Å²) in [6.45, 7) is 5.74. The third-order valence-electron chi connectivity index (χ3n) is 4.86. The second kappa shape index (κ2) is 5.33. The van der Waals surface area contributed by atoms with Crippen molar-refractivity contribution in [2.45, 2.75) is 38.6 Å². The number of pyridine rings is 1. The molecule has 5 nitrogen and oxygen atoms in total. The fourth-order valence-corrected chi connectivity index (χ4v) is 3.64. The monoisotopic (exact) mass is 307 g/mol. The van der Waals surface area contributed by atoms with E-state index in [4.69, 9.17) is 0 Å². The maximum absolute atomic E-state index is 4.51. The molecule has 0 spiro atoms. The van der Waals surface area contributed by atoms with Crippen LogP contribution in [0.15, 0.2) is 37.2 Å². The summed E-state index contributed by atoms with van der Waals surface area (Å²) in [4.78, 5) is 18.7. The van der Waals surface area contributed by atoms with Gasteiger partial charge >= 0.3 is 0 Å². The van der Waals surface area contributed by atoms with Gasteiger partial charge in [-0.1, -0.05) is 0 Å². The fourth-order valence-electron chi connectivity index (χ4n) is 3.64. The van der Waals surface area contributed by atoms with E-state index in [0.29, 0.717) is 0 Å². The van der Waals surface area contributed by atoms with E-state index < -0.39 is 0 Å². The van der Waals surface area contributed by atoms with Crippen molar-refractivity contribution in [1.29, 1.82) is 0 Å². The zero-order valence-corrected chi connectivity index (χ0v) is 13.6. The van der Waals surface area contributed by atoms with Crippen molar-refractivity contribution in [3.05, 3.63) is 37.2 Å². The van der Waals surface area contributed by atoms with Crippen molar-refractivity contribution < 1.29 is 0 Å². The van der Waals surface area contributed by atoms with E-state index in [9.17, 15) is 0 Å². The molecule has 118 valence electrons. The molecular formula is C18H21N5. The van der Waals surface area contributed by atoms with Gasteiger partial charge in [0.15, 0.2) is 0 Å². The maximum atomic E-state index is 4.51. The number of nitrogens with zero attached hydrogens (tertiary/aromatic N) is 4. The summed E-state index contributed by atoms with van der Waals surface area (Å²) >= 11 is 0. The standard InChI is InChI=1S/C18H21N5/c1-18(2)6-3-4-8-23(18)15-5-7-21-17-16(15)14(11-22-17)13-9-19-12-20-10-13/h5,7,9-12H,3-4,6,8H2,1-2H3,(H,21,22). The van der Waals surface area contributed by atoms with Gasteiger partial charge in [-0.05, 0) is 39.2 Å². The lowest BCUT2D eigenvalue weighted by molar-refractivity contribution is 0.362. The first-order valence-electron chi connectivity index (χ1n) is 8.16. The van der Waals surface area contributed by atoms with Gasteiger partial charge in [-0.3, -0.25) is 0 Å². The Morgan fingerprint density at radius 1 is 1.17 bits per heavy atom. The predicted octanol–water partition coefficient (Wildman–Crippen LogP) is 3.79. The Labute approximate surface area is 135 Å². The van der Waals surface area contributed by atoms with Crippen molar-refractivity contribution in [3.63, 3.8) is 0 Å². The minimum Gasteiger partial charge on any atom is -0.366 e. The lowest BCUT2D eigenvalue weighted by Crippen LogP contribution is -2.47. The zero-order chi connectivity index (χ0) is 15.9. The number of aromatic nitrogens is 4. The molecule has 1 saturated heterocycles. The van der Waals surface area contributed by atoms with Crippen LogP contribution in [0.3, 0.4) is 0 Å². The van der Waals surface area contributed by atoms with E-state index in [1.807, 2.05) is 24.8 Å². The molecule has 0 bridgehead atoms. The molecule has 0 aromatic carbocycles. The van der Waals surface area contributed by atoms with E-state index in [0.717, 1.165) is 28.7 Å². The number of aromatic amines is 1. The lowest BCUT2D eigenvalue weighted by atomic mass is 9.89. The Kier molecular flexibility index (Phi) is 3.29. The van der Waals surface area contributed by atoms with E-state index in [-0.39, 0.29) is 5.54 Å². The van der Waals surface area contributed by atoms with Crippen molar-refractivity contribution >= 4 is 16.7 Å². The molecule has 0 atom stereocenters. The highest BCUT2D eigenvalue weighted by Gasteiger charge is 2.31. The molecule has 0 unspecified atom stereocenters. The van der Waals surface area contributed by atoms with Gasteiger partial charge in [-0.25, -0.2) is 15.0 Å².